The number of amides is 1. The van der Waals surface area contributed by atoms with Gasteiger partial charge in [0.2, 0.25) is 0 Å². The maximum Gasteiger partial charge on any atom is 0.262 e. The lowest BCUT2D eigenvalue weighted by molar-refractivity contribution is -0.118. The van der Waals surface area contributed by atoms with Crippen molar-refractivity contribution < 1.29 is 9.53 Å². The zero-order valence-electron chi connectivity index (χ0n) is 17.1. The standard InChI is InChI=1S/C23H25N3O2S2/c1-16-13-17(2)26(25-16)20-6-3-5-19(14-20)24-22(27)15-28-21-9-7-18(8-10-21)23-29-11-4-12-30-23/h3,5-10,13-14,23H,4,11-12,15H2,1-2H3,(H,24,27). The Kier molecular flexibility index (Phi) is 6.69. The summed E-state index contributed by atoms with van der Waals surface area (Å²) in [5, 5.41) is 7.39. The van der Waals surface area contributed by atoms with Crippen LogP contribution in [-0.2, 0) is 4.79 Å². The molecule has 1 aromatic heterocycles. The third kappa shape index (κ3) is 5.21. The zero-order chi connectivity index (χ0) is 20.9. The Hall–Kier alpha value is -2.38. The fourth-order valence-corrected chi connectivity index (χ4v) is 6.25. The van der Waals surface area contributed by atoms with E-state index in [1.54, 1.807) is 0 Å². The number of nitrogens with zero attached hydrogens (tertiary/aromatic N) is 2. The number of anilines is 1. The maximum atomic E-state index is 12.4. The lowest BCUT2D eigenvalue weighted by atomic mass is 10.2. The first-order valence-corrected chi connectivity index (χ1v) is 12.1. The van der Waals surface area contributed by atoms with Crippen molar-refractivity contribution in [2.24, 2.45) is 0 Å². The average molecular weight is 440 g/mol. The Morgan fingerprint density at radius 3 is 2.60 bits per heavy atom. The molecular weight excluding hydrogens is 414 g/mol. The van der Waals surface area contributed by atoms with E-state index in [9.17, 15) is 4.79 Å². The van der Waals surface area contributed by atoms with Crippen molar-refractivity contribution in [1.29, 1.82) is 0 Å². The van der Waals surface area contributed by atoms with Gasteiger partial charge in [0.1, 0.15) is 5.75 Å². The van der Waals surface area contributed by atoms with Crippen LogP contribution in [0.15, 0.2) is 54.6 Å². The number of benzene rings is 2. The van der Waals surface area contributed by atoms with E-state index < -0.39 is 0 Å². The van der Waals surface area contributed by atoms with Crippen molar-refractivity contribution >= 4 is 35.1 Å². The summed E-state index contributed by atoms with van der Waals surface area (Å²) in [6.07, 6.45) is 1.28. The smallest absolute Gasteiger partial charge is 0.262 e. The minimum Gasteiger partial charge on any atom is -0.484 e. The molecule has 1 aliphatic heterocycles. The first kappa shape index (κ1) is 20.9. The van der Waals surface area contributed by atoms with Gasteiger partial charge in [-0.25, -0.2) is 4.68 Å². The highest BCUT2D eigenvalue weighted by molar-refractivity contribution is 8.16. The quantitative estimate of drug-likeness (QED) is 0.559. The number of thioether (sulfide) groups is 2. The minimum absolute atomic E-state index is 0.0313. The normalized spacial score (nSPS) is 14.5. The van der Waals surface area contributed by atoms with E-state index in [-0.39, 0.29) is 12.5 Å². The number of hydrogen-bond donors (Lipinski definition) is 1. The van der Waals surface area contributed by atoms with Crippen LogP contribution in [0.1, 0.15) is 28.0 Å². The summed E-state index contributed by atoms with van der Waals surface area (Å²) < 4.78 is 8.05. The van der Waals surface area contributed by atoms with Crippen LogP contribution in [-0.4, -0.2) is 33.8 Å². The fourth-order valence-electron chi connectivity index (χ4n) is 3.35. The highest BCUT2D eigenvalue weighted by atomic mass is 32.2. The Balaban J connectivity index is 1.33. The Morgan fingerprint density at radius 2 is 1.90 bits per heavy atom. The van der Waals surface area contributed by atoms with Gasteiger partial charge >= 0.3 is 0 Å². The zero-order valence-corrected chi connectivity index (χ0v) is 18.8. The maximum absolute atomic E-state index is 12.4. The average Bonchev–Trinajstić information content (AvgIpc) is 3.11. The van der Waals surface area contributed by atoms with E-state index in [2.05, 4.69) is 22.5 Å². The number of rotatable bonds is 6. The lowest BCUT2D eigenvalue weighted by Crippen LogP contribution is -2.20. The van der Waals surface area contributed by atoms with Gasteiger partial charge in [0.15, 0.2) is 6.61 Å². The van der Waals surface area contributed by atoms with Gasteiger partial charge in [-0.15, -0.1) is 23.5 Å². The predicted molar refractivity (Wildman–Crippen MR) is 126 cm³/mol. The van der Waals surface area contributed by atoms with Crippen molar-refractivity contribution in [2.45, 2.75) is 24.9 Å². The van der Waals surface area contributed by atoms with Crippen LogP contribution < -0.4 is 10.1 Å². The molecule has 0 saturated carbocycles. The number of carbonyl (C=O) groups excluding carboxylic acids is 1. The van der Waals surface area contributed by atoms with Crippen molar-refractivity contribution in [1.82, 2.24) is 9.78 Å². The van der Waals surface area contributed by atoms with Crippen LogP contribution in [0.4, 0.5) is 5.69 Å². The molecular formula is C23H25N3O2S2. The largest absolute Gasteiger partial charge is 0.484 e. The highest BCUT2D eigenvalue weighted by Crippen LogP contribution is 2.43. The molecule has 5 nitrogen and oxygen atoms in total. The van der Waals surface area contributed by atoms with Gasteiger partial charge in [-0.2, -0.15) is 5.10 Å². The van der Waals surface area contributed by atoms with Gasteiger partial charge in [0.05, 0.1) is 16.0 Å². The summed E-state index contributed by atoms with van der Waals surface area (Å²) in [4.78, 5) is 12.4. The summed E-state index contributed by atoms with van der Waals surface area (Å²) in [6.45, 7) is 3.94. The number of carbonyl (C=O) groups is 1. The number of nitrogens with one attached hydrogen (secondary N) is 1. The van der Waals surface area contributed by atoms with E-state index in [4.69, 9.17) is 4.74 Å². The topological polar surface area (TPSA) is 56.2 Å². The van der Waals surface area contributed by atoms with E-state index in [0.29, 0.717) is 10.3 Å². The molecule has 0 aliphatic carbocycles. The molecule has 1 amide bonds. The molecule has 0 bridgehead atoms. The van der Waals surface area contributed by atoms with E-state index in [1.165, 1.54) is 23.5 Å². The Labute approximate surface area is 185 Å². The molecule has 2 aromatic carbocycles. The predicted octanol–water partition coefficient (Wildman–Crippen LogP) is 5.38. The second-order valence-corrected chi connectivity index (χ2v) is 9.95. The monoisotopic (exact) mass is 439 g/mol. The van der Waals surface area contributed by atoms with Crippen LogP contribution in [0, 0.1) is 13.8 Å². The van der Waals surface area contributed by atoms with Gasteiger partial charge < -0.3 is 10.1 Å². The first-order valence-electron chi connectivity index (χ1n) is 9.98. The van der Waals surface area contributed by atoms with Crippen LogP contribution in [0.5, 0.6) is 5.75 Å². The summed E-state index contributed by atoms with van der Waals surface area (Å²) in [7, 11) is 0. The number of ether oxygens (including phenoxy) is 1. The molecule has 1 aliphatic rings. The summed E-state index contributed by atoms with van der Waals surface area (Å²) in [5.41, 5.74) is 4.95. The van der Waals surface area contributed by atoms with Gasteiger partial charge in [-0.3, -0.25) is 4.79 Å². The van der Waals surface area contributed by atoms with Crippen molar-refractivity contribution in [3.8, 4) is 11.4 Å². The molecule has 30 heavy (non-hydrogen) atoms. The molecule has 0 radical (unpaired) electrons. The van der Waals surface area contributed by atoms with Crippen molar-refractivity contribution in [3.63, 3.8) is 0 Å². The minimum atomic E-state index is -0.192. The fraction of sp³-hybridized carbons (Fsp3) is 0.304. The van der Waals surface area contributed by atoms with Crippen LogP contribution in [0.3, 0.4) is 0 Å². The molecule has 1 fully saturated rings. The third-order valence-corrected chi connectivity index (χ3v) is 7.75. The molecule has 0 spiro atoms. The number of aromatic nitrogens is 2. The van der Waals surface area contributed by atoms with E-state index >= 15 is 0 Å². The molecule has 3 aromatic rings. The molecule has 4 rings (SSSR count). The molecule has 7 heteroatoms. The van der Waals surface area contributed by atoms with Crippen LogP contribution >= 0.6 is 23.5 Å². The Bertz CT molecular complexity index is 1010. The molecule has 0 unspecified atom stereocenters. The van der Waals surface area contributed by atoms with Gasteiger partial charge in [0.25, 0.3) is 5.91 Å². The Morgan fingerprint density at radius 1 is 1.13 bits per heavy atom. The molecule has 1 saturated heterocycles. The van der Waals surface area contributed by atoms with E-state index in [1.807, 2.05) is 84.5 Å². The first-order chi connectivity index (χ1) is 14.6. The third-order valence-electron chi connectivity index (χ3n) is 4.73. The number of aryl methyl sites for hydroxylation is 2. The summed E-state index contributed by atoms with van der Waals surface area (Å²) in [6, 6.07) is 17.8. The second-order valence-electron chi connectivity index (χ2n) is 7.22. The van der Waals surface area contributed by atoms with Gasteiger partial charge in [-0.05, 0) is 73.7 Å². The molecule has 156 valence electrons. The van der Waals surface area contributed by atoms with Crippen molar-refractivity contribution in [2.75, 3.05) is 23.4 Å². The van der Waals surface area contributed by atoms with Crippen LogP contribution in [0.2, 0.25) is 0 Å². The summed E-state index contributed by atoms with van der Waals surface area (Å²) in [5.74, 6) is 2.95. The van der Waals surface area contributed by atoms with Crippen molar-refractivity contribution in [3.05, 3.63) is 71.5 Å². The van der Waals surface area contributed by atoms with Crippen LogP contribution in [0.25, 0.3) is 5.69 Å². The molecule has 2 heterocycles. The summed E-state index contributed by atoms with van der Waals surface area (Å²) >= 11 is 3.99. The van der Waals surface area contributed by atoms with E-state index in [0.717, 1.165) is 22.8 Å². The molecule has 1 N–H and O–H groups in total. The second kappa shape index (κ2) is 9.62. The van der Waals surface area contributed by atoms with Gasteiger partial charge in [-0.1, -0.05) is 18.2 Å². The number of hydrogen-bond acceptors (Lipinski definition) is 5. The SMILES string of the molecule is Cc1cc(C)n(-c2cccc(NC(=O)COc3ccc(C4SCCCS4)cc3)c2)n1. The lowest BCUT2D eigenvalue weighted by Gasteiger charge is -2.21. The molecule has 0 atom stereocenters. The van der Waals surface area contributed by atoms with Gasteiger partial charge in [0, 0.05) is 11.4 Å². The highest BCUT2D eigenvalue weighted by Gasteiger charge is 2.16.